The van der Waals surface area contributed by atoms with E-state index in [1.165, 1.54) is 109 Å². The molecule has 4 nitrogen and oxygen atoms in total. The number of hydrogen-bond acceptors (Lipinski definition) is 3. The monoisotopic (exact) mass is 455 g/mol. The first-order valence-corrected chi connectivity index (χ1v) is 14.6. The molecule has 4 saturated carbocycles. The zero-order valence-electron chi connectivity index (χ0n) is 21.3. The van der Waals surface area contributed by atoms with Crippen LogP contribution in [0.1, 0.15) is 128 Å². The van der Waals surface area contributed by atoms with Crippen LogP contribution in [-0.2, 0) is 4.79 Å². The van der Waals surface area contributed by atoms with E-state index in [-0.39, 0.29) is 5.91 Å². The van der Waals surface area contributed by atoms with Crippen molar-refractivity contribution in [2.45, 2.75) is 134 Å². The Kier molecular flexibility index (Phi) is 7.10. The van der Waals surface area contributed by atoms with Gasteiger partial charge < -0.3 is 5.73 Å². The van der Waals surface area contributed by atoms with E-state index in [2.05, 4.69) is 0 Å². The largest absolute Gasteiger partial charge is 0.369 e. The predicted molar refractivity (Wildman–Crippen MR) is 136 cm³/mol. The van der Waals surface area contributed by atoms with Gasteiger partial charge in [0.15, 0.2) is 5.96 Å². The molecule has 0 aromatic rings. The van der Waals surface area contributed by atoms with E-state index in [4.69, 9.17) is 10.7 Å². The average Bonchev–Trinajstić information content (AvgIpc) is 3.46. The van der Waals surface area contributed by atoms with Crippen molar-refractivity contribution in [2.75, 3.05) is 7.05 Å². The summed E-state index contributed by atoms with van der Waals surface area (Å²) in [6, 6.07) is 0. The van der Waals surface area contributed by atoms with Gasteiger partial charge in [-0.15, -0.1) is 0 Å². The molecular weight excluding hydrogens is 406 g/mol. The topological polar surface area (TPSA) is 58.7 Å². The van der Waals surface area contributed by atoms with Gasteiger partial charge in [-0.1, -0.05) is 83.5 Å². The van der Waals surface area contributed by atoms with Crippen LogP contribution in [0.3, 0.4) is 0 Å². The summed E-state index contributed by atoms with van der Waals surface area (Å²) in [5.74, 6) is 4.05. The molecule has 4 aliphatic carbocycles. The van der Waals surface area contributed by atoms with E-state index in [9.17, 15) is 4.79 Å². The van der Waals surface area contributed by atoms with Crippen molar-refractivity contribution in [3.8, 4) is 0 Å². The number of nitrogens with zero attached hydrogens (tertiary/aromatic N) is 2. The van der Waals surface area contributed by atoms with Gasteiger partial charge in [0.2, 0.25) is 0 Å². The van der Waals surface area contributed by atoms with Crippen molar-refractivity contribution in [2.24, 2.45) is 39.8 Å². The normalized spacial score (nSPS) is 38.2. The second-order valence-corrected chi connectivity index (χ2v) is 12.9. The summed E-state index contributed by atoms with van der Waals surface area (Å²) < 4.78 is 0. The van der Waals surface area contributed by atoms with Crippen LogP contribution in [0, 0.1) is 29.1 Å². The number of carbonyl (C=O) groups is 1. The molecule has 33 heavy (non-hydrogen) atoms. The Morgan fingerprint density at radius 2 is 1.48 bits per heavy atom. The van der Waals surface area contributed by atoms with Crippen LogP contribution in [0.4, 0.5) is 0 Å². The molecule has 4 atom stereocenters. The van der Waals surface area contributed by atoms with Gasteiger partial charge in [-0.2, -0.15) is 0 Å². The molecule has 0 bridgehead atoms. The molecule has 4 heteroatoms. The Hall–Kier alpha value is -1.06. The molecule has 4 fully saturated rings. The average molecular weight is 456 g/mol. The summed E-state index contributed by atoms with van der Waals surface area (Å²) in [7, 11) is 1.83. The number of aliphatic imine (C=N–C) groups is 1. The number of rotatable bonds is 8. The van der Waals surface area contributed by atoms with Crippen LogP contribution in [0.5, 0.6) is 0 Å². The fourth-order valence-corrected chi connectivity index (χ4v) is 8.56. The van der Waals surface area contributed by atoms with Gasteiger partial charge in [-0.05, 0) is 74.0 Å². The Balaban J connectivity index is 1.19. The molecular formula is C29H49N3O. The maximum atomic E-state index is 13.4. The van der Waals surface area contributed by atoms with E-state index in [1.54, 1.807) is 4.90 Å². The highest BCUT2D eigenvalue weighted by Gasteiger charge is 2.56. The van der Waals surface area contributed by atoms with Crippen LogP contribution in [0.15, 0.2) is 4.99 Å². The quantitative estimate of drug-likeness (QED) is 0.436. The first kappa shape index (κ1) is 23.7. The summed E-state index contributed by atoms with van der Waals surface area (Å²) in [6.07, 6.45) is 27.0. The number of carbonyl (C=O) groups excluding carboxylic acids is 1. The third kappa shape index (κ3) is 5.15. The molecule has 2 N–H and O–H groups in total. The van der Waals surface area contributed by atoms with Crippen LogP contribution >= 0.6 is 0 Å². The fourth-order valence-electron chi connectivity index (χ4n) is 8.56. The zero-order chi connectivity index (χ0) is 22.9. The van der Waals surface area contributed by atoms with E-state index in [0.717, 1.165) is 37.0 Å². The standard InChI is InChI=1S/C29H49N3O/c1-32-26(33)29(31-27(32)30,18-16-23-11-6-3-7-12-23)20-24-13-8-17-28(19-24)21-25(28)15-14-22-9-4-2-5-10-22/h22-25H,2-21H2,1H3,(H2,30,31)/t24-,25?,28?,29+/m0/s1. The number of likely N-dealkylation sites (N-methyl/N-ethyl adjacent to an activating group) is 1. The van der Waals surface area contributed by atoms with Crippen molar-refractivity contribution >= 4 is 11.9 Å². The van der Waals surface area contributed by atoms with Crippen LogP contribution in [0.2, 0.25) is 0 Å². The lowest BCUT2D eigenvalue weighted by atomic mass is 9.70. The van der Waals surface area contributed by atoms with Crippen LogP contribution in [-0.4, -0.2) is 29.4 Å². The third-order valence-corrected chi connectivity index (χ3v) is 10.7. The van der Waals surface area contributed by atoms with E-state index >= 15 is 0 Å². The van der Waals surface area contributed by atoms with Crippen LogP contribution < -0.4 is 5.73 Å². The minimum Gasteiger partial charge on any atom is -0.369 e. The van der Waals surface area contributed by atoms with Crippen molar-refractivity contribution < 1.29 is 4.79 Å². The van der Waals surface area contributed by atoms with Gasteiger partial charge in [0, 0.05) is 7.05 Å². The SMILES string of the molecule is CN1C(=O)[C@@](CCC2CCCCC2)(C[C@H]2CCCC3(CC3CCC3CCCCC3)C2)N=C1N. The molecule has 1 spiro atoms. The Labute approximate surface area is 202 Å². The second kappa shape index (κ2) is 9.90. The Bertz CT molecular complexity index is 722. The molecule has 1 aliphatic heterocycles. The third-order valence-electron chi connectivity index (χ3n) is 10.7. The van der Waals surface area contributed by atoms with E-state index in [1.807, 2.05) is 7.05 Å². The van der Waals surface area contributed by atoms with Gasteiger partial charge in [-0.25, -0.2) is 4.99 Å². The lowest BCUT2D eigenvalue weighted by Crippen LogP contribution is -2.44. The van der Waals surface area contributed by atoms with Crippen LogP contribution in [0.25, 0.3) is 0 Å². The highest BCUT2D eigenvalue weighted by molar-refractivity contribution is 6.06. The molecule has 0 aromatic carbocycles. The highest BCUT2D eigenvalue weighted by atomic mass is 16.2. The summed E-state index contributed by atoms with van der Waals surface area (Å²) >= 11 is 0. The van der Waals surface area contributed by atoms with Gasteiger partial charge in [0.25, 0.3) is 5.91 Å². The number of nitrogens with two attached hydrogens (primary N) is 1. The van der Waals surface area contributed by atoms with Gasteiger partial charge >= 0.3 is 0 Å². The Morgan fingerprint density at radius 1 is 0.848 bits per heavy atom. The molecule has 1 amide bonds. The lowest BCUT2D eigenvalue weighted by Gasteiger charge is -2.36. The smallest absolute Gasteiger partial charge is 0.257 e. The maximum absolute atomic E-state index is 13.4. The summed E-state index contributed by atoms with van der Waals surface area (Å²) in [5.41, 5.74) is 6.26. The van der Waals surface area contributed by atoms with Crippen molar-refractivity contribution in [3.63, 3.8) is 0 Å². The summed E-state index contributed by atoms with van der Waals surface area (Å²) in [5, 5.41) is 0. The number of amides is 1. The zero-order valence-corrected chi connectivity index (χ0v) is 21.3. The van der Waals surface area contributed by atoms with Gasteiger partial charge in [0.05, 0.1) is 0 Å². The van der Waals surface area contributed by atoms with Gasteiger partial charge in [-0.3, -0.25) is 9.69 Å². The molecule has 5 rings (SSSR count). The lowest BCUT2D eigenvalue weighted by molar-refractivity contribution is -0.131. The van der Waals surface area contributed by atoms with Gasteiger partial charge in [0.1, 0.15) is 5.54 Å². The molecule has 0 radical (unpaired) electrons. The first-order chi connectivity index (χ1) is 16.0. The molecule has 1 heterocycles. The molecule has 5 aliphatic rings. The maximum Gasteiger partial charge on any atom is 0.257 e. The first-order valence-electron chi connectivity index (χ1n) is 14.6. The predicted octanol–water partition coefficient (Wildman–Crippen LogP) is 6.82. The van der Waals surface area contributed by atoms with Crippen molar-refractivity contribution in [3.05, 3.63) is 0 Å². The molecule has 2 unspecified atom stereocenters. The number of hydrogen-bond donors (Lipinski definition) is 1. The summed E-state index contributed by atoms with van der Waals surface area (Å²) in [4.78, 5) is 20.0. The second-order valence-electron chi connectivity index (χ2n) is 12.9. The van der Waals surface area contributed by atoms with E-state index < -0.39 is 5.54 Å². The highest BCUT2D eigenvalue weighted by Crippen LogP contribution is 2.65. The molecule has 186 valence electrons. The number of guanidine groups is 1. The molecule has 0 saturated heterocycles. The van der Waals surface area contributed by atoms with Crippen molar-refractivity contribution in [1.29, 1.82) is 0 Å². The van der Waals surface area contributed by atoms with Crippen molar-refractivity contribution in [1.82, 2.24) is 4.90 Å². The summed E-state index contributed by atoms with van der Waals surface area (Å²) in [6.45, 7) is 0. The Morgan fingerprint density at radius 3 is 2.12 bits per heavy atom. The van der Waals surface area contributed by atoms with E-state index in [0.29, 0.717) is 17.3 Å². The fraction of sp³-hybridized carbons (Fsp3) is 0.931. The minimum absolute atomic E-state index is 0.181. The molecule has 0 aromatic heterocycles. The minimum atomic E-state index is -0.564.